The first kappa shape index (κ1) is 15.1. The fraction of sp³-hybridized carbons (Fsp3) is 0.250. The molecule has 2 aromatic rings. The minimum absolute atomic E-state index is 0.798. The van der Waals surface area contributed by atoms with Crippen molar-refractivity contribution in [2.75, 3.05) is 0 Å². The maximum atomic E-state index is 5.94. The van der Waals surface area contributed by atoms with Gasteiger partial charge >= 0.3 is 0 Å². The molecule has 0 aromatic heterocycles. The molecular formula is C16H19ClS. The first-order chi connectivity index (χ1) is 8.66. The van der Waals surface area contributed by atoms with Gasteiger partial charge in [-0.15, -0.1) is 0 Å². The molecule has 0 aliphatic carbocycles. The average molecular weight is 279 g/mol. The first-order valence-corrected chi connectivity index (χ1v) is 7.36. The Morgan fingerprint density at radius 2 is 1.44 bits per heavy atom. The molecule has 0 heterocycles. The van der Waals surface area contributed by atoms with Crippen LogP contribution in [0.3, 0.4) is 0 Å². The molecule has 0 aliphatic rings. The molecule has 0 fully saturated rings. The quantitative estimate of drug-likeness (QED) is 0.636. The van der Waals surface area contributed by atoms with Crippen LogP contribution in [-0.2, 0) is 0 Å². The molecule has 2 aromatic carbocycles. The Bertz CT molecular complexity index is 506. The van der Waals surface area contributed by atoms with Crippen LogP contribution in [0.1, 0.15) is 25.0 Å². The lowest BCUT2D eigenvalue weighted by Gasteiger charge is -2.08. The predicted octanol–water partition coefficient (Wildman–Crippen LogP) is 6.13. The van der Waals surface area contributed by atoms with Crippen molar-refractivity contribution in [3.63, 3.8) is 0 Å². The normalized spacial score (nSPS) is 9.61. The summed E-state index contributed by atoms with van der Waals surface area (Å²) < 4.78 is 0. The highest BCUT2D eigenvalue weighted by molar-refractivity contribution is 7.99. The number of hydrogen-bond acceptors (Lipinski definition) is 1. The van der Waals surface area contributed by atoms with Crippen LogP contribution < -0.4 is 0 Å². The van der Waals surface area contributed by atoms with E-state index < -0.39 is 0 Å². The topological polar surface area (TPSA) is 0 Å². The summed E-state index contributed by atoms with van der Waals surface area (Å²) in [6.45, 7) is 8.22. The lowest BCUT2D eigenvalue weighted by molar-refractivity contribution is 1.26. The summed E-state index contributed by atoms with van der Waals surface area (Å²) in [5.41, 5.74) is 2.53. The van der Waals surface area contributed by atoms with Gasteiger partial charge in [0.25, 0.3) is 0 Å². The summed E-state index contributed by atoms with van der Waals surface area (Å²) >= 11 is 7.73. The molecule has 96 valence electrons. The molecule has 0 atom stereocenters. The van der Waals surface area contributed by atoms with Gasteiger partial charge in [-0.3, -0.25) is 0 Å². The van der Waals surface area contributed by atoms with Gasteiger partial charge in [-0.25, -0.2) is 0 Å². The van der Waals surface area contributed by atoms with Crippen LogP contribution in [0.2, 0.25) is 5.02 Å². The third-order valence-corrected chi connectivity index (χ3v) is 4.04. The second kappa shape index (κ2) is 7.50. The van der Waals surface area contributed by atoms with E-state index in [0.717, 1.165) is 5.02 Å². The summed E-state index contributed by atoms with van der Waals surface area (Å²) in [5, 5.41) is 0.798. The summed E-state index contributed by atoms with van der Waals surface area (Å²) in [7, 11) is 0. The maximum Gasteiger partial charge on any atom is 0.0409 e. The average Bonchev–Trinajstić information content (AvgIpc) is 2.38. The van der Waals surface area contributed by atoms with Crippen LogP contribution in [0.5, 0.6) is 0 Å². The highest BCUT2D eigenvalue weighted by Gasteiger charge is 2.03. The van der Waals surface area contributed by atoms with Crippen LogP contribution in [0.25, 0.3) is 0 Å². The van der Waals surface area contributed by atoms with Gasteiger partial charge in [-0.1, -0.05) is 55.4 Å². The Kier molecular flexibility index (Phi) is 6.31. The first-order valence-electron chi connectivity index (χ1n) is 6.16. The van der Waals surface area contributed by atoms with Crippen LogP contribution in [0.15, 0.2) is 52.3 Å². The number of hydrogen-bond donors (Lipinski definition) is 0. The molecular weight excluding hydrogens is 260 g/mol. The van der Waals surface area contributed by atoms with Crippen molar-refractivity contribution in [1.29, 1.82) is 0 Å². The summed E-state index contributed by atoms with van der Waals surface area (Å²) in [6, 6.07) is 14.4. The Morgan fingerprint density at radius 1 is 0.833 bits per heavy atom. The van der Waals surface area contributed by atoms with Gasteiger partial charge in [0, 0.05) is 14.8 Å². The zero-order valence-electron chi connectivity index (χ0n) is 11.3. The van der Waals surface area contributed by atoms with Gasteiger partial charge in [0.05, 0.1) is 0 Å². The van der Waals surface area contributed by atoms with Crippen molar-refractivity contribution in [2.24, 2.45) is 0 Å². The van der Waals surface area contributed by atoms with Crippen molar-refractivity contribution >= 4 is 23.4 Å². The van der Waals surface area contributed by atoms with Crippen LogP contribution in [0.4, 0.5) is 0 Å². The molecule has 0 N–H and O–H groups in total. The third-order valence-electron chi connectivity index (χ3n) is 2.45. The molecule has 18 heavy (non-hydrogen) atoms. The van der Waals surface area contributed by atoms with Gasteiger partial charge in [0.15, 0.2) is 0 Å². The zero-order valence-corrected chi connectivity index (χ0v) is 12.9. The second-order valence-corrected chi connectivity index (χ2v) is 5.30. The minimum atomic E-state index is 0.798. The standard InChI is InChI=1S/C14H13ClS.C2H6/c1-10-5-3-4-6-13(10)16-14-8-7-12(15)9-11(14)2;1-2/h3-9H,1-2H3;1-2H3. The van der Waals surface area contributed by atoms with E-state index >= 15 is 0 Å². The Labute approximate surface area is 119 Å². The minimum Gasteiger partial charge on any atom is -0.0895 e. The van der Waals surface area contributed by atoms with Crippen LogP contribution in [0, 0.1) is 13.8 Å². The lowest BCUT2D eigenvalue weighted by atomic mass is 10.2. The van der Waals surface area contributed by atoms with E-state index in [0.29, 0.717) is 0 Å². The van der Waals surface area contributed by atoms with Crippen molar-refractivity contribution in [3.05, 3.63) is 58.6 Å². The van der Waals surface area contributed by atoms with Crippen LogP contribution in [-0.4, -0.2) is 0 Å². The van der Waals surface area contributed by atoms with E-state index in [9.17, 15) is 0 Å². The summed E-state index contributed by atoms with van der Waals surface area (Å²) in [5.74, 6) is 0. The number of benzene rings is 2. The van der Waals surface area contributed by atoms with E-state index in [-0.39, 0.29) is 0 Å². The molecule has 0 saturated heterocycles. The molecule has 0 amide bonds. The predicted molar refractivity (Wildman–Crippen MR) is 82.8 cm³/mol. The number of rotatable bonds is 2. The number of halogens is 1. The second-order valence-electron chi connectivity index (χ2n) is 3.78. The fourth-order valence-electron chi connectivity index (χ4n) is 1.52. The number of aryl methyl sites for hydroxylation is 2. The van der Waals surface area contributed by atoms with Crippen molar-refractivity contribution in [3.8, 4) is 0 Å². The molecule has 0 aliphatic heterocycles. The largest absolute Gasteiger partial charge is 0.0895 e. The highest BCUT2D eigenvalue weighted by atomic mass is 35.5. The molecule has 0 unspecified atom stereocenters. The third kappa shape index (κ3) is 4.08. The van der Waals surface area contributed by atoms with Gasteiger partial charge < -0.3 is 0 Å². The lowest BCUT2D eigenvalue weighted by Crippen LogP contribution is -1.82. The maximum absolute atomic E-state index is 5.94. The summed E-state index contributed by atoms with van der Waals surface area (Å²) in [4.78, 5) is 2.56. The highest BCUT2D eigenvalue weighted by Crippen LogP contribution is 2.33. The van der Waals surface area contributed by atoms with Gasteiger partial charge in [0.1, 0.15) is 0 Å². The van der Waals surface area contributed by atoms with E-state index in [2.05, 4.69) is 44.2 Å². The van der Waals surface area contributed by atoms with Gasteiger partial charge in [0.2, 0.25) is 0 Å². The zero-order chi connectivity index (χ0) is 13.5. The van der Waals surface area contributed by atoms with E-state index in [1.165, 1.54) is 20.9 Å². The van der Waals surface area contributed by atoms with E-state index in [1.54, 1.807) is 11.8 Å². The Hall–Kier alpha value is -0.920. The summed E-state index contributed by atoms with van der Waals surface area (Å²) in [6.07, 6.45) is 0. The fourth-order valence-corrected chi connectivity index (χ4v) is 2.71. The SMILES string of the molecule is CC.Cc1ccccc1Sc1ccc(Cl)cc1C. The van der Waals surface area contributed by atoms with Crippen molar-refractivity contribution < 1.29 is 0 Å². The van der Waals surface area contributed by atoms with E-state index in [4.69, 9.17) is 11.6 Å². The molecule has 2 heteroatoms. The van der Waals surface area contributed by atoms with Gasteiger partial charge in [-0.2, -0.15) is 0 Å². The monoisotopic (exact) mass is 278 g/mol. The molecule has 0 radical (unpaired) electrons. The molecule has 0 bridgehead atoms. The van der Waals surface area contributed by atoms with Crippen molar-refractivity contribution in [1.82, 2.24) is 0 Å². The molecule has 0 spiro atoms. The molecule has 2 rings (SSSR count). The van der Waals surface area contributed by atoms with Gasteiger partial charge in [-0.05, 0) is 49.2 Å². The molecule has 0 saturated carbocycles. The molecule has 0 nitrogen and oxygen atoms in total. The Balaban J connectivity index is 0.000000771. The van der Waals surface area contributed by atoms with Crippen molar-refractivity contribution in [2.45, 2.75) is 37.5 Å². The smallest absolute Gasteiger partial charge is 0.0409 e. The van der Waals surface area contributed by atoms with E-state index in [1.807, 2.05) is 26.0 Å². The Morgan fingerprint density at radius 3 is 2.06 bits per heavy atom. The van der Waals surface area contributed by atoms with Crippen LogP contribution >= 0.6 is 23.4 Å².